The van der Waals surface area contributed by atoms with E-state index in [1.165, 1.54) is 5.57 Å². The van der Waals surface area contributed by atoms with Crippen molar-refractivity contribution in [3.63, 3.8) is 0 Å². The number of fused-ring (bicyclic) bond motifs is 1. The van der Waals surface area contributed by atoms with E-state index in [0.717, 1.165) is 38.0 Å². The van der Waals surface area contributed by atoms with Gasteiger partial charge in [-0.25, -0.2) is 5.43 Å². The van der Waals surface area contributed by atoms with Gasteiger partial charge in [0.15, 0.2) is 0 Å². The number of carbonyl (C=O) groups is 1. The van der Waals surface area contributed by atoms with Gasteiger partial charge in [0.05, 0.1) is 11.3 Å². The molecule has 1 amide bonds. The largest absolute Gasteiger partial charge is 0.338 e. The maximum Gasteiger partial charge on any atom is 0.255 e. The summed E-state index contributed by atoms with van der Waals surface area (Å²) >= 11 is 0. The molecule has 2 unspecified atom stereocenters. The van der Waals surface area contributed by atoms with E-state index in [-0.39, 0.29) is 14.9 Å². The van der Waals surface area contributed by atoms with Gasteiger partial charge in [-0.15, -0.1) is 0 Å². The molecule has 4 rings (SSSR count). The summed E-state index contributed by atoms with van der Waals surface area (Å²) in [7, 11) is 1.88. The lowest BCUT2D eigenvalue weighted by molar-refractivity contribution is 0.0742. The van der Waals surface area contributed by atoms with Crippen LogP contribution in [0.2, 0.25) is 0 Å². The Morgan fingerprint density at radius 1 is 1.17 bits per heavy atom. The maximum absolute atomic E-state index is 12.7. The minimum atomic E-state index is 0. The minimum absolute atomic E-state index is 0. The summed E-state index contributed by atoms with van der Waals surface area (Å²) < 4.78 is 0. The highest BCUT2D eigenvalue weighted by molar-refractivity contribution is 5.94. The molecule has 30 heavy (non-hydrogen) atoms. The fraction of sp³-hybridized carbons (Fsp3) is 0.478. The van der Waals surface area contributed by atoms with Crippen molar-refractivity contribution in [2.45, 2.75) is 51.4 Å². The summed E-state index contributed by atoms with van der Waals surface area (Å²) in [6.45, 7) is 5.44. The molecule has 2 saturated heterocycles. The molecule has 0 saturated carbocycles. The number of hydrogen-bond acceptors (Lipinski definition) is 6. The van der Waals surface area contributed by atoms with E-state index in [4.69, 9.17) is 0 Å². The monoisotopic (exact) mass is 414 g/mol. The Bertz CT molecular complexity index is 769. The van der Waals surface area contributed by atoms with Gasteiger partial charge in [0.25, 0.3) is 5.91 Å². The smallest absolute Gasteiger partial charge is 0.255 e. The molecule has 3 heterocycles. The number of nitrogens with one attached hydrogen (secondary N) is 4. The topological polar surface area (TPSA) is 81.3 Å². The number of aromatic nitrogens is 1. The summed E-state index contributed by atoms with van der Waals surface area (Å²) in [5.74, 6) is 0.0601. The standard InChI is InChI=1S/C21H28N6O.C2H6.2H2/c1-22-26-19(20-24-17-7-3-2-4-8-18(17)25-20)15-9-12-27(13-10-15)21(28)16-6-5-11-23-14-16;1-2;;/h3-8,11,14,17-18,20,22,24-26H,2,9-10,12-13H2,1H3;1-2H3;2*1H. The Morgan fingerprint density at radius 2 is 1.83 bits per heavy atom. The van der Waals surface area contributed by atoms with Gasteiger partial charge in [0, 0.05) is 47.5 Å². The first kappa shape index (κ1) is 22.2. The Labute approximate surface area is 182 Å². The molecule has 0 radical (unpaired) electrons. The molecular weight excluding hydrogens is 376 g/mol. The van der Waals surface area contributed by atoms with E-state index in [0.29, 0.717) is 17.6 Å². The molecule has 1 aromatic rings. The van der Waals surface area contributed by atoms with E-state index in [2.05, 4.69) is 50.8 Å². The van der Waals surface area contributed by atoms with Crippen LogP contribution >= 0.6 is 0 Å². The molecule has 166 valence electrons. The number of allylic oxidation sites excluding steroid dienone is 2. The molecule has 1 aromatic heterocycles. The number of piperidine rings is 1. The Hall–Kier alpha value is -2.48. The average Bonchev–Trinajstić information content (AvgIpc) is 3.08. The summed E-state index contributed by atoms with van der Waals surface area (Å²) in [5.41, 5.74) is 9.57. The lowest BCUT2D eigenvalue weighted by Crippen LogP contribution is -2.46. The van der Waals surface area contributed by atoms with Crippen molar-refractivity contribution in [2.24, 2.45) is 0 Å². The second kappa shape index (κ2) is 11.1. The van der Waals surface area contributed by atoms with Crippen molar-refractivity contribution < 1.29 is 7.65 Å². The number of amides is 1. The number of hydrogen-bond donors (Lipinski definition) is 4. The van der Waals surface area contributed by atoms with Gasteiger partial charge in [-0.3, -0.25) is 20.4 Å². The van der Waals surface area contributed by atoms with Crippen molar-refractivity contribution in [3.8, 4) is 0 Å². The van der Waals surface area contributed by atoms with Gasteiger partial charge in [0.1, 0.15) is 6.17 Å². The normalized spacial score (nSPS) is 25.1. The third kappa shape index (κ3) is 5.16. The first-order valence-corrected chi connectivity index (χ1v) is 11.0. The van der Waals surface area contributed by atoms with Crippen LogP contribution in [-0.4, -0.2) is 54.2 Å². The van der Waals surface area contributed by atoms with Gasteiger partial charge >= 0.3 is 0 Å². The average molecular weight is 415 g/mol. The highest BCUT2D eigenvalue weighted by Gasteiger charge is 2.34. The fourth-order valence-corrected chi connectivity index (χ4v) is 4.11. The van der Waals surface area contributed by atoms with E-state index in [9.17, 15) is 4.79 Å². The third-order valence-electron chi connectivity index (χ3n) is 5.56. The summed E-state index contributed by atoms with van der Waals surface area (Å²) in [6, 6.07) is 4.22. The highest BCUT2D eigenvalue weighted by Crippen LogP contribution is 2.24. The Morgan fingerprint density at radius 3 is 2.40 bits per heavy atom. The first-order chi connectivity index (χ1) is 14.8. The molecular formula is C23H38N6O. The van der Waals surface area contributed by atoms with E-state index in [1.54, 1.807) is 18.5 Å². The van der Waals surface area contributed by atoms with Crippen molar-refractivity contribution in [1.82, 2.24) is 31.4 Å². The predicted molar refractivity (Wildman–Crippen MR) is 125 cm³/mol. The van der Waals surface area contributed by atoms with E-state index < -0.39 is 0 Å². The zero-order valence-corrected chi connectivity index (χ0v) is 18.2. The SMILES string of the molecule is CC.CNNC(=C1CCN(C(=O)c2cccnc2)CC1)C1NC2C=CCC=CC2N1.[HH].[HH]. The van der Waals surface area contributed by atoms with Crippen LogP contribution in [0.1, 0.15) is 46.3 Å². The number of pyridine rings is 1. The number of rotatable bonds is 4. The summed E-state index contributed by atoms with van der Waals surface area (Å²) in [6.07, 6.45) is 15.0. The van der Waals surface area contributed by atoms with Gasteiger partial charge in [-0.1, -0.05) is 38.2 Å². The second-order valence-corrected chi connectivity index (χ2v) is 7.34. The van der Waals surface area contributed by atoms with E-state index >= 15 is 0 Å². The van der Waals surface area contributed by atoms with Gasteiger partial charge < -0.3 is 10.3 Å². The third-order valence-corrected chi connectivity index (χ3v) is 5.56. The lowest BCUT2D eigenvalue weighted by Gasteiger charge is -2.31. The number of nitrogens with zero attached hydrogens (tertiary/aromatic N) is 2. The zero-order valence-electron chi connectivity index (χ0n) is 18.2. The first-order valence-electron chi connectivity index (χ1n) is 11.0. The Balaban J connectivity index is 0.00000125. The van der Waals surface area contributed by atoms with Crippen molar-refractivity contribution >= 4 is 5.91 Å². The van der Waals surface area contributed by atoms with Crippen LogP contribution in [-0.2, 0) is 0 Å². The molecule has 2 aliphatic heterocycles. The predicted octanol–water partition coefficient (Wildman–Crippen LogP) is 2.59. The van der Waals surface area contributed by atoms with Crippen molar-refractivity contribution in [3.05, 3.63) is 65.7 Å². The van der Waals surface area contributed by atoms with Crippen LogP contribution in [0.5, 0.6) is 0 Å². The molecule has 0 aromatic carbocycles. The number of carbonyl (C=O) groups excluding carboxylic acids is 1. The van der Waals surface area contributed by atoms with Crippen molar-refractivity contribution in [2.75, 3.05) is 20.1 Å². The molecule has 1 aliphatic carbocycles. The Kier molecular flexibility index (Phi) is 8.19. The van der Waals surface area contributed by atoms with Crippen LogP contribution < -0.4 is 21.5 Å². The molecule has 2 atom stereocenters. The van der Waals surface area contributed by atoms with Gasteiger partial charge in [-0.05, 0) is 37.0 Å². The molecule has 0 spiro atoms. The molecule has 7 nitrogen and oxygen atoms in total. The highest BCUT2D eigenvalue weighted by atomic mass is 16.2. The molecule has 0 bridgehead atoms. The maximum atomic E-state index is 12.7. The summed E-state index contributed by atoms with van der Waals surface area (Å²) in [5, 5.41) is 7.35. The van der Waals surface area contributed by atoms with Gasteiger partial charge in [0.2, 0.25) is 0 Å². The number of likely N-dealkylation sites (tertiary alicyclic amines) is 1. The molecule has 7 heteroatoms. The van der Waals surface area contributed by atoms with Crippen LogP contribution in [0.4, 0.5) is 0 Å². The molecule has 4 N–H and O–H groups in total. The van der Waals surface area contributed by atoms with E-state index in [1.807, 2.05) is 31.9 Å². The van der Waals surface area contributed by atoms with Crippen molar-refractivity contribution in [1.29, 1.82) is 0 Å². The van der Waals surface area contributed by atoms with Crippen LogP contribution in [0.15, 0.2) is 60.1 Å². The summed E-state index contributed by atoms with van der Waals surface area (Å²) in [4.78, 5) is 18.6. The molecule has 3 aliphatic rings. The minimum Gasteiger partial charge on any atom is -0.338 e. The second-order valence-electron chi connectivity index (χ2n) is 7.34. The molecule has 2 fully saturated rings. The number of hydrazine groups is 1. The van der Waals surface area contributed by atoms with Crippen LogP contribution in [0.3, 0.4) is 0 Å². The van der Waals surface area contributed by atoms with Crippen LogP contribution in [0, 0.1) is 0 Å². The fourth-order valence-electron chi connectivity index (χ4n) is 4.11. The van der Waals surface area contributed by atoms with Gasteiger partial charge in [-0.2, -0.15) is 0 Å². The quantitative estimate of drug-likeness (QED) is 0.448. The zero-order chi connectivity index (χ0) is 21.3. The van der Waals surface area contributed by atoms with Crippen LogP contribution in [0.25, 0.3) is 0 Å². The lowest BCUT2D eigenvalue weighted by atomic mass is 9.99.